The van der Waals surface area contributed by atoms with E-state index >= 15 is 0 Å². The molecule has 1 amide bonds. The number of morpholine rings is 1. The monoisotopic (exact) mass is 314 g/mol. The molecule has 1 fully saturated rings. The van der Waals surface area contributed by atoms with E-state index in [1.165, 1.54) is 11.0 Å². The molecule has 2 heterocycles. The van der Waals surface area contributed by atoms with Gasteiger partial charge in [0, 0.05) is 18.7 Å². The number of ether oxygens (including phenoxy) is 1. The molecule has 1 aromatic rings. The quantitative estimate of drug-likeness (QED) is 0.921. The number of amides is 1. The maximum Gasteiger partial charge on any atom is 0.261 e. The van der Waals surface area contributed by atoms with Crippen molar-refractivity contribution in [3.8, 4) is 0 Å². The molecule has 0 spiro atoms. The molecule has 0 aliphatic carbocycles. The highest BCUT2D eigenvalue weighted by atomic mass is 19.3. The van der Waals surface area contributed by atoms with Crippen LogP contribution in [-0.4, -0.2) is 48.0 Å². The molecule has 122 valence electrons. The number of aromatic nitrogens is 1. The average Bonchev–Trinajstić information content (AvgIpc) is 2.48. The molecule has 7 heteroatoms. The van der Waals surface area contributed by atoms with Crippen LogP contribution in [0.5, 0.6) is 0 Å². The average molecular weight is 314 g/mol. The van der Waals surface area contributed by atoms with Crippen molar-refractivity contribution in [2.75, 3.05) is 19.8 Å². The zero-order valence-corrected chi connectivity index (χ0v) is 12.7. The lowest BCUT2D eigenvalue weighted by Gasteiger charge is -2.35. The van der Waals surface area contributed by atoms with E-state index in [2.05, 4.69) is 4.98 Å². The molecule has 1 aliphatic rings. The Bertz CT molecular complexity index is 601. The molecular formula is C15H20F2N2O3. The lowest BCUT2D eigenvalue weighted by molar-refractivity contribution is -0.0216. The number of carbonyl (C=O) groups excluding carboxylic acids is 1. The predicted octanol–water partition coefficient (Wildman–Crippen LogP) is 1.74. The van der Waals surface area contributed by atoms with Crippen LogP contribution in [0.4, 0.5) is 8.78 Å². The highest BCUT2D eigenvalue weighted by Gasteiger charge is 2.31. The fourth-order valence-corrected chi connectivity index (χ4v) is 2.68. The summed E-state index contributed by atoms with van der Waals surface area (Å²) in [4.78, 5) is 28.7. The Labute approximate surface area is 127 Å². The van der Waals surface area contributed by atoms with Gasteiger partial charge in [-0.1, -0.05) is 6.92 Å². The summed E-state index contributed by atoms with van der Waals surface area (Å²) in [5.41, 5.74) is 1.10. The first-order valence-corrected chi connectivity index (χ1v) is 7.33. The van der Waals surface area contributed by atoms with Crippen molar-refractivity contribution in [3.05, 3.63) is 33.2 Å². The van der Waals surface area contributed by atoms with Crippen LogP contribution in [0.1, 0.15) is 35.0 Å². The molecular weight excluding hydrogens is 294 g/mol. The van der Waals surface area contributed by atoms with Gasteiger partial charge >= 0.3 is 0 Å². The zero-order valence-electron chi connectivity index (χ0n) is 12.7. The Morgan fingerprint density at radius 3 is 2.91 bits per heavy atom. The van der Waals surface area contributed by atoms with E-state index in [1.807, 2.05) is 13.8 Å². The topological polar surface area (TPSA) is 62.4 Å². The van der Waals surface area contributed by atoms with Gasteiger partial charge in [-0.3, -0.25) is 9.59 Å². The highest BCUT2D eigenvalue weighted by Crippen LogP contribution is 2.18. The first kappa shape index (κ1) is 16.6. The fourth-order valence-electron chi connectivity index (χ4n) is 2.68. The molecule has 0 aromatic carbocycles. The molecule has 0 saturated carbocycles. The molecule has 1 aromatic heterocycles. The van der Waals surface area contributed by atoms with Crippen LogP contribution < -0.4 is 5.56 Å². The fraction of sp³-hybridized carbons (Fsp3) is 0.600. The number of aryl methyl sites for hydroxylation is 2. The van der Waals surface area contributed by atoms with E-state index in [0.29, 0.717) is 6.42 Å². The Hall–Kier alpha value is -1.76. The largest absolute Gasteiger partial charge is 0.377 e. The molecule has 22 heavy (non-hydrogen) atoms. The number of H-pyrrole nitrogens is 1. The number of rotatable bonds is 4. The third kappa shape index (κ3) is 3.52. The maximum atomic E-state index is 12.6. The number of hydrogen-bond acceptors (Lipinski definition) is 3. The van der Waals surface area contributed by atoms with Crippen LogP contribution in [0.25, 0.3) is 0 Å². The minimum Gasteiger partial charge on any atom is -0.377 e. The van der Waals surface area contributed by atoms with Crippen LogP contribution in [0, 0.1) is 6.92 Å². The second-order valence-corrected chi connectivity index (χ2v) is 5.38. The third-order valence-electron chi connectivity index (χ3n) is 3.87. The van der Waals surface area contributed by atoms with E-state index in [1.54, 1.807) is 0 Å². The van der Waals surface area contributed by atoms with E-state index in [-0.39, 0.29) is 25.3 Å². The summed E-state index contributed by atoms with van der Waals surface area (Å²) in [6.07, 6.45) is -2.32. The Kier molecular flexibility index (Phi) is 5.28. The Morgan fingerprint density at radius 1 is 1.55 bits per heavy atom. The van der Waals surface area contributed by atoms with Gasteiger partial charge in [0.15, 0.2) is 0 Å². The van der Waals surface area contributed by atoms with Crippen molar-refractivity contribution in [2.45, 2.75) is 39.2 Å². The van der Waals surface area contributed by atoms with Gasteiger partial charge in [0.2, 0.25) is 6.43 Å². The van der Waals surface area contributed by atoms with Crippen LogP contribution >= 0.6 is 0 Å². The summed E-state index contributed by atoms with van der Waals surface area (Å²) >= 11 is 0. The van der Waals surface area contributed by atoms with Crippen LogP contribution in [-0.2, 0) is 11.2 Å². The number of hydrogen-bond donors (Lipinski definition) is 1. The van der Waals surface area contributed by atoms with Gasteiger partial charge in [-0.05, 0) is 25.0 Å². The highest BCUT2D eigenvalue weighted by molar-refractivity contribution is 5.94. The summed E-state index contributed by atoms with van der Waals surface area (Å²) in [5, 5.41) is 0. The Morgan fingerprint density at radius 2 is 2.27 bits per heavy atom. The predicted molar refractivity (Wildman–Crippen MR) is 77.4 cm³/mol. The molecule has 1 unspecified atom stereocenters. The smallest absolute Gasteiger partial charge is 0.261 e. The van der Waals surface area contributed by atoms with Crippen molar-refractivity contribution in [1.82, 2.24) is 9.88 Å². The summed E-state index contributed by atoms with van der Waals surface area (Å²) < 4.78 is 30.5. The molecule has 5 nitrogen and oxygen atoms in total. The Balaban J connectivity index is 2.29. The molecule has 1 aliphatic heterocycles. The SMILES string of the molecule is CCc1[nH]c(=O)c(C(=O)N2CCOCC2CC(F)F)cc1C. The van der Waals surface area contributed by atoms with Crippen molar-refractivity contribution < 1.29 is 18.3 Å². The van der Waals surface area contributed by atoms with Crippen LogP contribution in [0.2, 0.25) is 0 Å². The van der Waals surface area contributed by atoms with E-state index in [0.717, 1.165) is 11.3 Å². The van der Waals surface area contributed by atoms with Crippen molar-refractivity contribution in [1.29, 1.82) is 0 Å². The van der Waals surface area contributed by atoms with E-state index in [4.69, 9.17) is 4.74 Å². The lowest BCUT2D eigenvalue weighted by Crippen LogP contribution is -2.50. The summed E-state index contributed by atoms with van der Waals surface area (Å²) in [5.74, 6) is -0.513. The number of carbonyl (C=O) groups is 1. The van der Waals surface area contributed by atoms with Gasteiger partial charge in [-0.15, -0.1) is 0 Å². The number of alkyl halides is 2. The van der Waals surface area contributed by atoms with E-state index in [9.17, 15) is 18.4 Å². The van der Waals surface area contributed by atoms with Crippen LogP contribution in [0.15, 0.2) is 10.9 Å². The number of nitrogens with zero attached hydrogens (tertiary/aromatic N) is 1. The summed E-state index contributed by atoms with van der Waals surface area (Å²) in [7, 11) is 0. The summed E-state index contributed by atoms with van der Waals surface area (Å²) in [6.45, 7) is 4.28. The van der Waals surface area contributed by atoms with Crippen molar-refractivity contribution in [2.24, 2.45) is 0 Å². The molecule has 2 rings (SSSR count). The number of nitrogens with one attached hydrogen (secondary N) is 1. The van der Waals surface area contributed by atoms with Gasteiger partial charge in [0.25, 0.3) is 11.5 Å². The van der Waals surface area contributed by atoms with Crippen molar-refractivity contribution in [3.63, 3.8) is 0 Å². The third-order valence-corrected chi connectivity index (χ3v) is 3.87. The van der Waals surface area contributed by atoms with E-state index < -0.39 is 30.4 Å². The first-order chi connectivity index (χ1) is 10.4. The lowest BCUT2D eigenvalue weighted by atomic mass is 10.1. The number of pyridine rings is 1. The van der Waals surface area contributed by atoms with Crippen molar-refractivity contribution >= 4 is 5.91 Å². The zero-order chi connectivity index (χ0) is 16.3. The van der Waals surface area contributed by atoms with Gasteiger partial charge < -0.3 is 14.6 Å². The van der Waals surface area contributed by atoms with Crippen LogP contribution in [0.3, 0.4) is 0 Å². The molecule has 1 saturated heterocycles. The second kappa shape index (κ2) is 7.00. The molecule has 0 radical (unpaired) electrons. The summed E-state index contributed by atoms with van der Waals surface area (Å²) in [6, 6.07) is 0.835. The number of halogens is 2. The minimum absolute atomic E-state index is 0.00383. The first-order valence-electron chi connectivity index (χ1n) is 7.33. The van der Waals surface area contributed by atoms with Gasteiger partial charge in [0.1, 0.15) is 5.56 Å². The standard InChI is InChI=1S/C15H20F2N2O3/c1-3-12-9(2)6-11(14(20)18-12)15(21)19-4-5-22-8-10(19)7-13(16)17/h6,10,13H,3-5,7-8H2,1-2H3,(H,18,20). The normalized spacial score (nSPS) is 18.8. The second-order valence-electron chi connectivity index (χ2n) is 5.38. The number of aromatic amines is 1. The molecule has 1 atom stereocenters. The molecule has 0 bridgehead atoms. The van der Waals surface area contributed by atoms with Gasteiger partial charge in [-0.25, -0.2) is 8.78 Å². The molecule has 1 N–H and O–H groups in total. The maximum absolute atomic E-state index is 12.6. The minimum atomic E-state index is -2.52. The van der Waals surface area contributed by atoms with Gasteiger partial charge in [-0.2, -0.15) is 0 Å². The van der Waals surface area contributed by atoms with Gasteiger partial charge in [0.05, 0.1) is 19.3 Å².